The zero-order chi connectivity index (χ0) is 13.8. The van der Waals surface area contributed by atoms with E-state index in [0.29, 0.717) is 27.1 Å². The number of carbonyl (C=O) groups excluding carboxylic acids is 1. The van der Waals surface area contributed by atoms with E-state index in [2.05, 4.69) is 10.6 Å². The van der Waals surface area contributed by atoms with E-state index < -0.39 is 6.03 Å². The van der Waals surface area contributed by atoms with Crippen molar-refractivity contribution in [3.8, 4) is 0 Å². The van der Waals surface area contributed by atoms with E-state index >= 15 is 0 Å². The van der Waals surface area contributed by atoms with E-state index in [0.717, 1.165) is 0 Å². The molecule has 6 heteroatoms. The Bertz CT molecular complexity index is 617. The molecule has 2 aromatic carbocycles. The van der Waals surface area contributed by atoms with Crippen molar-refractivity contribution < 1.29 is 4.79 Å². The third kappa shape index (κ3) is 3.77. The molecule has 2 amide bonds. The minimum absolute atomic E-state index is 0.420. The summed E-state index contributed by atoms with van der Waals surface area (Å²) in [6.07, 6.45) is 0. The van der Waals surface area contributed by atoms with Gasteiger partial charge in [0, 0.05) is 15.7 Å². The fraction of sp³-hybridized carbons (Fsp3) is 0. The number of nitrogens with one attached hydrogen (secondary N) is 2. The van der Waals surface area contributed by atoms with Crippen molar-refractivity contribution in [1.82, 2.24) is 0 Å². The summed E-state index contributed by atoms with van der Waals surface area (Å²) < 4.78 is 0. The number of carbonyl (C=O) groups is 1. The molecule has 98 valence electrons. The fourth-order valence-electron chi connectivity index (χ4n) is 1.49. The monoisotopic (exact) mass is 295 g/mol. The number of hydrogen-bond acceptors (Lipinski definition) is 2. The van der Waals surface area contributed by atoms with Crippen molar-refractivity contribution in [2.45, 2.75) is 0 Å². The molecular weight excluding hydrogens is 285 g/mol. The van der Waals surface area contributed by atoms with Crippen LogP contribution in [-0.2, 0) is 0 Å². The Hall–Kier alpha value is -1.91. The quantitative estimate of drug-likeness (QED) is 0.726. The Labute approximate surface area is 120 Å². The summed E-state index contributed by atoms with van der Waals surface area (Å²) in [6.45, 7) is 0. The Kier molecular flexibility index (Phi) is 4.14. The number of nitrogen functional groups attached to an aromatic ring is 1. The van der Waals surface area contributed by atoms with Crippen LogP contribution in [0.15, 0.2) is 42.5 Å². The molecule has 0 saturated carbocycles. The molecule has 0 saturated heterocycles. The average Bonchev–Trinajstić information content (AvgIpc) is 2.34. The Balaban J connectivity index is 2.07. The van der Waals surface area contributed by atoms with E-state index in [1.54, 1.807) is 42.5 Å². The third-order valence-electron chi connectivity index (χ3n) is 2.35. The van der Waals surface area contributed by atoms with Gasteiger partial charge in [0.25, 0.3) is 0 Å². The van der Waals surface area contributed by atoms with Gasteiger partial charge >= 0.3 is 6.03 Å². The first-order valence-corrected chi connectivity index (χ1v) is 6.19. The van der Waals surface area contributed by atoms with E-state index in [1.165, 1.54) is 0 Å². The van der Waals surface area contributed by atoms with Crippen LogP contribution >= 0.6 is 23.2 Å². The Morgan fingerprint density at radius 3 is 2.47 bits per heavy atom. The highest BCUT2D eigenvalue weighted by atomic mass is 35.5. The highest BCUT2D eigenvalue weighted by Crippen LogP contribution is 2.23. The van der Waals surface area contributed by atoms with Crippen molar-refractivity contribution in [3.63, 3.8) is 0 Å². The number of halogens is 2. The summed E-state index contributed by atoms with van der Waals surface area (Å²) in [4.78, 5) is 11.8. The van der Waals surface area contributed by atoms with E-state index in [9.17, 15) is 4.79 Å². The average molecular weight is 296 g/mol. The van der Waals surface area contributed by atoms with Gasteiger partial charge in [-0.25, -0.2) is 4.79 Å². The summed E-state index contributed by atoms with van der Waals surface area (Å²) in [5.41, 5.74) is 7.21. The minimum Gasteiger partial charge on any atom is -0.397 e. The van der Waals surface area contributed by atoms with Crippen LogP contribution in [0.3, 0.4) is 0 Å². The molecule has 19 heavy (non-hydrogen) atoms. The molecule has 2 aromatic rings. The van der Waals surface area contributed by atoms with Gasteiger partial charge < -0.3 is 16.4 Å². The van der Waals surface area contributed by atoms with Gasteiger partial charge in [-0.15, -0.1) is 0 Å². The first-order chi connectivity index (χ1) is 9.04. The zero-order valence-electron chi connectivity index (χ0n) is 9.78. The first-order valence-electron chi connectivity index (χ1n) is 5.43. The van der Waals surface area contributed by atoms with Gasteiger partial charge in [0.1, 0.15) is 0 Å². The van der Waals surface area contributed by atoms with Crippen LogP contribution in [0.1, 0.15) is 0 Å². The normalized spacial score (nSPS) is 10.0. The maximum absolute atomic E-state index is 11.8. The lowest BCUT2D eigenvalue weighted by Gasteiger charge is -2.10. The molecule has 4 N–H and O–H groups in total. The van der Waals surface area contributed by atoms with Crippen molar-refractivity contribution in [1.29, 1.82) is 0 Å². The molecule has 0 unspecified atom stereocenters. The highest BCUT2D eigenvalue weighted by Gasteiger charge is 2.06. The molecule has 0 fully saturated rings. The van der Waals surface area contributed by atoms with Crippen LogP contribution in [0.2, 0.25) is 10.0 Å². The van der Waals surface area contributed by atoms with Gasteiger partial charge in [0.05, 0.1) is 11.4 Å². The van der Waals surface area contributed by atoms with Crippen molar-refractivity contribution >= 4 is 46.3 Å². The Morgan fingerprint density at radius 1 is 1.00 bits per heavy atom. The molecule has 0 radical (unpaired) electrons. The van der Waals surface area contributed by atoms with Gasteiger partial charge in [-0.3, -0.25) is 0 Å². The van der Waals surface area contributed by atoms with Crippen LogP contribution in [0, 0.1) is 0 Å². The number of hydrogen-bond donors (Lipinski definition) is 3. The van der Waals surface area contributed by atoms with Crippen molar-refractivity contribution in [2.24, 2.45) is 0 Å². The predicted octanol–water partition coefficient (Wildman–Crippen LogP) is 4.22. The molecule has 0 aromatic heterocycles. The molecule has 0 aliphatic heterocycles. The number of amides is 2. The molecule has 0 atom stereocenters. The lowest BCUT2D eigenvalue weighted by atomic mass is 10.2. The van der Waals surface area contributed by atoms with E-state index in [4.69, 9.17) is 28.9 Å². The number of anilines is 3. The van der Waals surface area contributed by atoms with Gasteiger partial charge in [-0.2, -0.15) is 0 Å². The molecule has 0 heterocycles. The molecule has 4 nitrogen and oxygen atoms in total. The second kappa shape index (κ2) is 5.82. The SMILES string of the molecule is Nc1ccc(Cl)cc1NC(=O)Nc1cccc(Cl)c1. The highest BCUT2D eigenvalue weighted by molar-refractivity contribution is 6.31. The van der Waals surface area contributed by atoms with Crippen LogP contribution in [0.4, 0.5) is 21.9 Å². The lowest BCUT2D eigenvalue weighted by molar-refractivity contribution is 0.262. The second-order valence-corrected chi connectivity index (χ2v) is 4.69. The van der Waals surface area contributed by atoms with Crippen LogP contribution in [0.25, 0.3) is 0 Å². The molecular formula is C13H11Cl2N3O. The first kappa shape index (κ1) is 13.5. The summed E-state index contributed by atoms with van der Waals surface area (Å²) in [7, 11) is 0. The van der Waals surface area contributed by atoms with Crippen LogP contribution in [-0.4, -0.2) is 6.03 Å². The number of nitrogens with two attached hydrogens (primary N) is 1. The topological polar surface area (TPSA) is 67.1 Å². The van der Waals surface area contributed by atoms with Gasteiger partial charge in [0.2, 0.25) is 0 Å². The third-order valence-corrected chi connectivity index (χ3v) is 2.82. The van der Waals surface area contributed by atoms with Crippen LogP contribution in [0.5, 0.6) is 0 Å². The largest absolute Gasteiger partial charge is 0.397 e. The van der Waals surface area contributed by atoms with Crippen molar-refractivity contribution in [3.05, 3.63) is 52.5 Å². The predicted molar refractivity (Wildman–Crippen MR) is 80.0 cm³/mol. The molecule has 0 bridgehead atoms. The number of benzene rings is 2. The van der Waals surface area contributed by atoms with Gasteiger partial charge in [-0.05, 0) is 36.4 Å². The maximum Gasteiger partial charge on any atom is 0.323 e. The molecule has 0 spiro atoms. The number of rotatable bonds is 2. The lowest BCUT2D eigenvalue weighted by Crippen LogP contribution is -2.20. The molecule has 2 rings (SSSR count). The second-order valence-electron chi connectivity index (χ2n) is 3.82. The summed E-state index contributed by atoms with van der Waals surface area (Å²) in [5, 5.41) is 6.30. The number of urea groups is 1. The summed E-state index contributed by atoms with van der Waals surface area (Å²) in [6, 6.07) is 11.3. The maximum atomic E-state index is 11.8. The van der Waals surface area contributed by atoms with Gasteiger partial charge in [-0.1, -0.05) is 29.3 Å². The standard InChI is InChI=1S/C13H11Cl2N3O/c14-8-2-1-3-10(6-8)17-13(19)18-12-7-9(15)4-5-11(12)16/h1-7H,16H2,(H2,17,18,19). The fourth-order valence-corrected chi connectivity index (χ4v) is 1.85. The van der Waals surface area contributed by atoms with E-state index in [1.807, 2.05) is 0 Å². The van der Waals surface area contributed by atoms with Gasteiger partial charge in [0.15, 0.2) is 0 Å². The molecule has 0 aliphatic rings. The summed E-state index contributed by atoms with van der Waals surface area (Å²) in [5.74, 6) is 0. The summed E-state index contributed by atoms with van der Waals surface area (Å²) >= 11 is 11.7. The Morgan fingerprint density at radius 2 is 1.74 bits per heavy atom. The zero-order valence-corrected chi connectivity index (χ0v) is 11.3. The van der Waals surface area contributed by atoms with Crippen LogP contribution < -0.4 is 16.4 Å². The minimum atomic E-state index is -0.420. The van der Waals surface area contributed by atoms with E-state index in [-0.39, 0.29) is 0 Å². The smallest absolute Gasteiger partial charge is 0.323 e. The van der Waals surface area contributed by atoms with Crippen molar-refractivity contribution in [2.75, 3.05) is 16.4 Å². The molecule has 0 aliphatic carbocycles.